The molecule has 18 unspecified atom stereocenters. The van der Waals surface area contributed by atoms with Crippen LogP contribution in [0.5, 0.6) is 0 Å². The fourth-order valence-electron chi connectivity index (χ4n) is 12.1. The van der Waals surface area contributed by atoms with Gasteiger partial charge >= 0.3 is 0 Å². The molecule has 3 heterocycles. The lowest BCUT2D eigenvalue weighted by Gasteiger charge is -2.45. The molecule has 0 aromatic rings. The number of aliphatic hydroxyl groups is 11. The van der Waals surface area contributed by atoms with Gasteiger partial charge in [-0.15, -0.1) is 0 Å². The Morgan fingerprint density at radius 1 is 0.456 bits per heavy atom. The summed E-state index contributed by atoms with van der Waals surface area (Å²) in [6.07, 6.45) is -8.21. The summed E-state index contributed by atoms with van der Waals surface area (Å²) in [6, 6.07) is -6.31. The standard InChI is InChI=1S/C65H115N9O29/c1-38(79)69-52-57(89)55(87)46(35-77)102-63(52)99-30-27-95-23-19-66-48(83)16-14-43(60(92)67-20-24-96-26-29-98-62-54(71-40(3)81)59(91)65(94,18-22-75)37-101-62)74-51(86)17-15-44(61(93)68-21-25-97-28-31-100-64-53(70-39(2)80)58(90)56(88)47(36-78)103-64)73-50(85)13-11-9-7-5-4-6-8-10-12-49(84)72-42-32-41(34-76)45(82)33-42/h41-47,52-59,62-64,75-78,82,87-91,94H,4-37H2,1-3H3,(H,66,83)(H,67,92)(H,68,93)(H,69,79)(H,70,80)(H,71,81)(H,72,84)(H,73,85)(H,74,86)/t41?,42?,43?,44?,45?,46?,47-,52?,53?,54?,55?,56?,57?,58?,59?,62?,63?,64?,65?/m1/s1. The van der Waals surface area contributed by atoms with E-state index in [4.69, 9.17) is 42.6 Å². The van der Waals surface area contributed by atoms with Crippen molar-refractivity contribution in [3.05, 3.63) is 0 Å². The first-order valence-corrected chi connectivity index (χ1v) is 35.5. The molecule has 20 N–H and O–H groups in total. The molecular weight excluding hydrogens is 1370 g/mol. The van der Waals surface area contributed by atoms with Gasteiger partial charge in [0.25, 0.3) is 0 Å². The van der Waals surface area contributed by atoms with Crippen LogP contribution in [0, 0.1) is 5.92 Å². The van der Waals surface area contributed by atoms with Gasteiger partial charge < -0.3 is 147 Å². The van der Waals surface area contributed by atoms with E-state index in [0.29, 0.717) is 38.5 Å². The zero-order valence-electron chi connectivity index (χ0n) is 59.2. The van der Waals surface area contributed by atoms with Crippen LogP contribution in [0.15, 0.2) is 0 Å². The van der Waals surface area contributed by atoms with Gasteiger partial charge in [0.2, 0.25) is 53.2 Å². The Morgan fingerprint density at radius 3 is 1.31 bits per heavy atom. The maximum atomic E-state index is 13.8. The van der Waals surface area contributed by atoms with Gasteiger partial charge in [-0.25, -0.2) is 0 Å². The molecule has 4 rings (SSSR count). The highest BCUT2D eigenvalue weighted by Gasteiger charge is 2.50. The highest BCUT2D eigenvalue weighted by molar-refractivity contribution is 5.90. The summed E-state index contributed by atoms with van der Waals surface area (Å²) in [4.78, 5) is 116. The molecule has 594 valence electrons. The number of carbonyl (C=O) groups is 9. The van der Waals surface area contributed by atoms with Crippen molar-refractivity contribution < 1.29 is 142 Å². The highest BCUT2D eigenvalue weighted by atomic mass is 16.7. The van der Waals surface area contributed by atoms with Crippen LogP contribution in [-0.4, -0.2) is 331 Å². The van der Waals surface area contributed by atoms with Gasteiger partial charge in [0.1, 0.15) is 78.5 Å². The maximum Gasteiger partial charge on any atom is 0.242 e. The van der Waals surface area contributed by atoms with Crippen molar-refractivity contribution in [1.82, 2.24) is 47.9 Å². The van der Waals surface area contributed by atoms with Crippen molar-refractivity contribution >= 4 is 53.2 Å². The number of hydrogen-bond acceptors (Lipinski definition) is 29. The molecule has 0 aromatic heterocycles. The van der Waals surface area contributed by atoms with Crippen LogP contribution < -0.4 is 47.9 Å². The minimum absolute atomic E-state index is 0.0203. The van der Waals surface area contributed by atoms with E-state index in [1.807, 2.05) is 0 Å². The van der Waals surface area contributed by atoms with Crippen LogP contribution in [0.4, 0.5) is 0 Å². The van der Waals surface area contributed by atoms with E-state index >= 15 is 0 Å². The van der Waals surface area contributed by atoms with Crippen molar-refractivity contribution in [3.63, 3.8) is 0 Å². The fraction of sp³-hybridized carbons (Fsp3) is 0.862. The predicted octanol–water partition coefficient (Wildman–Crippen LogP) is -7.66. The van der Waals surface area contributed by atoms with Crippen LogP contribution in [0.2, 0.25) is 0 Å². The molecule has 0 bridgehead atoms. The van der Waals surface area contributed by atoms with Gasteiger partial charge in [0.05, 0.1) is 85.4 Å². The molecule has 38 nitrogen and oxygen atoms in total. The Morgan fingerprint density at radius 2 is 0.874 bits per heavy atom. The minimum Gasteiger partial charge on any atom is -0.396 e. The Kier molecular flexibility index (Phi) is 43.0. The van der Waals surface area contributed by atoms with E-state index in [-0.39, 0.29) is 136 Å². The van der Waals surface area contributed by atoms with E-state index in [2.05, 4.69) is 47.9 Å². The predicted molar refractivity (Wildman–Crippen MR) is 356 cm³/mol. The lowest BCUT2D eigenvalue weighted by atomic mass is 9.86. The molecule has 0 radical (unpaired) electrons. The zero-order valence-corrected chi connectivity index (χ0v) is 59.2. The van der Waals surface area contributed by atoms with E-state index in [1.165, 1.54) is 20.8 Å². The molecule has 3 saturated heterocycles. The summed E-state index contributed by atoms with van der Waals surface area (Å²) in [6.45, 7) is 0.171. The van der Waals surface area contributed by atoms with Crippen molar-refractivity contribution in [2.24, 2.45) is 5.92 Å². The van der Waals surface area contributed by atoms with E-state index < -0.39 is 184 Å². The number of unbranched alkanes of at least 4 members (excludes halogenated alkanes) is 7. The Labute approximate surface area is 598 Å². The van der Waals surface area contributed by atoms with Gasteiger partial charge in [-0.3, -0.25) is 43.2 Å². The van der Waals surface area contributed by atoms with Crippen molar-refractivity contribution in [2.45, 2.75) is 239 Å². The molecule has 1 aliphatic carbocycles. The summed E-state index contributed by atoms with van der Waals surface area (Å²) in [5.41, 5.74) is -1.87. The molecule has 4 aliphatic rings. The van der Waals surface area contributed by atoms with Gasteiger partial charge in [-0.05, 0) is 38.5 Å². The van der Waals surface area contributed by atoms with Crippen LogP contribution in [0.3, 0.4) is 0 Å². The lowest BCUT2D eigenvalue weighted by Crippen LogP contribution is -2.66. The maximum absolute atomic E-state index is 13.8. The van der Waals surface area contributed by atoms with E-state index in [0.717, 1.165) is 32.1 Å². The topological polar surface area (TPSA) is 568 Å². The molecule has 0 aromatic carbocycles. The number of carbonyl (C=O) groups excluding carboxylic acids is 9. The third-order valence-electron chi connectivity index (χ3n) is 17.7. The summed E-state index contributed by atoms with van der Waals surface area (Å²) in [5.74, 6) is -5.11. The first-order valence-electron chi connectivity index (χ1n) is 35.5. The first kappa shape index (κ1) is 89.8. The summed E-state index contributed by atoms with van der Waals surface area (Å²) in [5, 5.41) is 135. The smallest absolute Gasteiger partial charge is 0.242 e. The van der Waals surface area contributed by atoms with Gasteiger partial charge in [-0.1, -0.05) is 38.5 Å². The second-order valence-corrected chi connectivity index (χ2v) is 26.1. The average Bonchev–Trinajstić information content (AvgIpc) is 1.40. The Balaban J connectivity index is 1.33. The zero-order chi connectivity index (χ0) is 75.9. The number of hydrogen-bond donors (Lipinski definition) is 20. The van der Waals surface area contributed by atoms with E-state index in [1.54, 1.807) is 0 Å². The SMILES string of the molecule is CC(=O)NC1C(OCCOCCNC(=O)CCC(NC(=O)CCC(NC(=O)CCCCCCCCCCC(=O)NC2CC(O)C(CO)C2)C(=O)NCCOCCOC2O[C@H](CO)C(O)C(O)C2NC(C)=O)C(=O)NCCOCCOC2OCC(O)(CCO)C(O)C2NC(C)=O)OC(CO)C(O)C1O. The number of nitrogens with one attached hydrogen (secondary N) is 9. The van der Waals surface area contributed by atoms with Gasteiger partial charge in [-0.2, -0.15) is 0 Å². The van der Waals surface area contributed by atoms with Crippen molar-refractivity contribution in [1.29, 1.82) is 0 Å². The van der Waals surface area contributed by atoms with Gasteiger partial charge in [0, 0.05) is 97.7 Å². The summed E-state index contributed by atoms with van der Waals surface area (Å²) in [7, 11) is 0. The fourth-order valence-corrected chi connectivity index (χ4v) is 12.1. The second kappa shape index (κ2) is 49.3. The normalized spacial score (nSPS) is 28.3. The van der Waals surface area contributed by atoms with Crippen LogP contribution in [0.25, 0.3) is 0 Å². The quantitative estimate of drug-likeness (QED) is 0.0252. The monoisotopic (exact) mass is 1490 g/mol. The summed E-state index contributed by atoms with van der Waals surface area (Å²) >= 11 is 0. The molecule has 3 aliphatic heterocycles. The Hall–Kier alpha value is -5.57. The first-order chi connectivity index (χ1) is 49.2. The molecule has 1 saturated carbocycles. The number of ether oxygens (including phenoxy) is 9. The molecule has 9 amide bonds. The number of rotatable bonds is 51. The van der Waals surface area contributed by atoms with Crippen molar-refractivity contribution in [3.8, 4) is 0 Å². The number of aliphatic hydroxyl groups excluding tert-OH is 10. The average molecular weight is 1490 g/mol. The third-order valence-corrected chi connectivity index (χ3v) is 17.7. The Bertz CT molecular complexity index is 2540. The molecule has 103 heavy (non-hydrogen) atoms. The molecular formula is C65H115N9O29. The van der Waals surface area contributed by atoms with Crippen molar-refractivity contribution in [2.75, 3.05) is 112 Å². The highest BCUT2D eigenvalue weighted by Crippen LogP contribution is 2.29. The van der Waals surface area contributed by atoms with Crippen LogP contribution in [-0.2, 0) is 85.8 Å². The second-order valence-electron chi connectivity index (χ2n) is 26.1. The third kappa shape index (κ3) is 33.0. The largest absolute Gasteiger partial charge is 0.396 e. The summed E-state index contributed by atoms with van der Waals surface area (Å²) < 4.78 is 50.5. The lowest BCUT2D eigenvalue weighted by molar-refractivity contribution is -0.272. The molecule has 0 spiro atoms. The molecule has 38 heteroatoms. The molecule has 4 fully saturated rings. The number of amides is 9. The van der Waals surface area contributed by atoms with E-state index in [9.17, 15) is 99.3 Å². The van der Waals surface area contributed by atoms with Crippen LogP contribution >= 0.6 is 0 Å². The van der Waals surface area contributed by atoms with Gasteiger partial charge in [0.15, 0.2) is 18.9 Å². The molecule has 19 atom stereocenters. The minimum atomic E-state index is -1.87. The van der Waals surface area contributed by atoms with Crippen LogP contribution in [0.1, 0.15) is 130 Å².